The molecule has 0 saturated heterocycles. The molecule has 10 heteroatoms. The Hall–Kier alpha value is -3.53. The fourth-order valence-electron chi connectivity index (χ4n) is 2.71. The number of halogens is 2. The smallest absolute Gasteiger partial charge is 0.387 e. The minimum Gasteiger partial charge on any atom is -0.495 e. The van der Waals surface area contributed by atoms with Gasteiger partial charge in [-0.3, -0.25) is 9.69 Å². The molecule has 3 rings (SSSR count). The first kappa shape index (κ1) is 22.2. The van der Waals surface area contributed by atoms with E-state index >= 15 is 0 Å². The number of nitrogens with zero attached hydrogens (tertiary/aromatic N) is 2. The summed E-state index contributed by atoms with van der Waals surface area (Å²) in [5.74, 6) is -0.623. The van der Waals surface area contributed by atoms with Crippen LogP contribution in [0.1, 0.15) is 23.0 Å². The maximum Gasteiger partial charge on any atom is 0.387 e. The van der Waals surface area contributed by atoms with Crippen LogP contribution in [0.2, 0.25) is 0 Å². The number of para-hydroxylation sites is 2. The van der Waals surface area contributed by atoms with E-state index in [1.807, 2.05) is 0 Å². The SMILES string of the molecule is COc1ccccc1N(C(C)=O)c1nc(COC(=O)c2cccc(OC(F)F)c2)cs1. The lowest BCUT2D eigenvalue weighted by Gasteiger charge is -2.20. The second-order valence-electron chi connectivity index (χ2n) is 6.13. The molecule has 0 fully saturated rings. The van der Waals surface area contributed by atoms with Gasteiger partial charge in [-0.25, -0.2) is 9.78 Å². The van der Waals surface area contributed by atoms with Crippen molar-refractivity contribution in [3.05, 3.63) is 65.2 Å². The lowest BCUT2D eigenvalue weighted by atomic mass is 10.2. The van der Waals surface area contributed by atoms with E-state index in [0.29, 0.717) is 22.3 Å². The molecule has 2 aromatic carbocycles. The zero-order valence-electron chi connectivity index (χ0n) is 16.6. The highest BCUT2D eigenvalue weighted by atomic mass is 32.1. The standard InChI is InChI=1S/C21H18F2N2O5S/c1-13(26)25(17-8-3-4-9-18(17)28-2)21-24-15(12-31-21)11-29-19(27)14-6-5-7-16(10-14)30-20(22)23/h3-10,12,20H,11H2,1-2H3. The van der Waals surface area contributed by atoms with Crippen LogP contribution in [0.5, 0.6) is 11.5 Å². The summed E-state index contributed by atoms with van der Waals surface area (Å²) in [5.41, 5.74) is 1.02. The van der Waals surface area contributed by atoms with Crippen LogP contribution in [0.25, 0.3) is 0 Å². The van der Waals surface area contributed by atoms with Crippen molar-refractivity contribution >= 4 is 34.0 Å². The molecule has 31 heavy (non-hydrogen) atoms. The predicted octanol–water partition coefficient (Wildman–Crippen LogP) is 4.79. The molecule has 0 radical (unpaired) electrons. The minimum atomic E-state index is -2.99. The molecule has 1 aromatic heterocycles. The second kappa shape index (κ2) is 9.98. The fraction of sp³-hybridized carbons (Fsp3) is 0.190. The average molecular weight is 448 g/mol. The highest BCUT2D eigenvalue weighted by Gasteiger charge is 2.21. The molecule has 0 spiro atoms. The number of anilines is 2. The number of carbonyl (C=O) groups excluding carboxylic acids is 2. The molecule has 3 aromatic rings. The third-order valence-electron chi connectivity index (χ3n) is 4.02. The Labute approximate surface area is 180 Å². The maximum atomic E-state index is 12.3. The van der Waals surface area contributed by atoms with Crippen molar-refractivity contribution in [2.75, 3.05) is 12.0 Å². The van der Waals surface area contributed by atoms with E-state index in [9.17, 15) is 18.4 Å². The van der Waals surface area contributed by atoms with Gasteiger partial charge < -0.3 is 14.2 Å². The zero-order valence-corrected chi connectivity index (χ0v) is 17.4. The number of methoxy groups -OCH3 is 1. The highest BCUT2D eigenvalue weighted by Crippen LogP contribution is 2.35. The van der Waals surface area contributed by atoms with Gasteiger partial charge in [0.1, 0.15) is 18.1 Å². The van der Waals surface area contributed by atoms with Gasteiger partial charge in [0.2, 0.25) is 5.91 Å². The summed E-state index contributed by atoms with van der Waals surface area (Å²) in [7, 11) is 1.51. The second-order valence-corrected chi connectivity index (χ2v) is 6.97. The topological polar surface area (TPSA) is 78.0 Å². The molecule has 1 heterocycles. The molecule has 1 amide bonds. The quantitative estimate of drug-likeness (QED) is 0.461. The van der Waals surface area contributed by atoms with E-state index < -0.39 is 12.6 Å². The third kappa shape index (κ3) is 5.54. The van der Waals surface area contributed by atoms with Crippen LogP contribution in [0.4, 0.5) is 19.6 Å². The molecule has 0 N–H and O–H groups in total. The van der Waals surface area contributed by atoms with Crippen molar-refractivity contribution in [1.29, 1.82) is 0 Å². The van der Waals surface area contributed by atoms with E-state index in [4.69, 9.17) is 9.47 Å². The van der Waals surface area contributed by atoms with Gasteiger partial charge >= 0.3 is 12.6 Å². The Morgan fingerprint density at radius 3 is 2.65 bits per heavy atom. The molecular weight excluding hydrogens is 430 g/mol. The highest BCUT2D eigenvalue weighted by molar-refractivity contribution is 7.14. The zero-order chi connectivity index (χ0) is 22.4. The molecular formula is C21H18F2N2O5S. The van der Waals surface area contributed by atoms with Gasteiger partial charge in [0.15, 0.2) is 5.13 Å². The van der Waals surface area contributed by atoms with Crippen molar-refractivity contribution in [2.45, 2.75) is 20.1 Å². The Bertz CT molecular complexity index is 1070. The number of hydrogen-bond donors (Lipinski definition) is 0. The summed E-state index contributed by atoms with van der Waals surface area (Å²) in [4.78, 5) is 30.3. The molecule has 0 aliphatic rings. The lowest BCUT2D eigenvalue weighted by molar-refractivity contribution is -0.115. The number of carbonyl (C=O) groups is 2. The van der Waals surface area contributed by atoms with Crippen LogP contribution in [0.15, 0.2) is 53.9 Å². The normalized spacial score (nSPS) is 10.6. The predicted molar refractivity (Wildman–Crippen MR) is 110 cm³/mol. The number of ether oxygens (including phenoxy) is 3. The van der Waals surface area contributed by atoms with Crippen molar-refractivity contribution in [2.24, 2.45) is 0 Å². The number of thiazole rings is 1. The first-order valence-electron chi connectivity index (χ1n) is 8.99. The van der Waals surface area contributed by atoms with Crippen LogP contribution < -0.4 is 14.4 Å². The van der Waals surface area contributed by atoms with Gasteiger partial charge in [-0.15, -0.1) is 11.3 Å². The summed E-state index contributed by atoms with van der Waals surface area (Å²) in [6, 6.07) is 12.3. The summed E-state index contributed by atoms with van der Waals surface area (Å²) in [5, 5.41) is 2.04. The monoisotopic (exact) mass is 448 g/mol. The molecule has 0 atom stereocenters. The summed E-state index contributed by atoms with van der Waals surface area (Å²) >= 11 is 1.20. The molecule has 0 aliphatic heterocycles. The molecule has 0 aliphatic carbocycles. The number of hydrogen-bond acceptors (Lipinski definition) is 7. The van der Waals surface area contributed by atoms with E-state index in [1.165, 1.54) is 54.5 Å². The van der Waals surface area contributed by atoms with Crippen LogP contribution >= 0.6 is 11.3 Å². The van der Waals surface area contributed by atoms with Crippen molar-refractivity contribution in [1.82, 2.24) is 4.98 Å². The van der Waals surface area contributed by atoms with E-state index in [1.54, 1.807) is 29.6 Å². The number of rotatable bonds is 8. The molecule has 162 valence electrons. The minimum absolute atomic E-state index is 0.0630. The number of aromatic nitrogens is 1. The van der Waals surface area contributed by atoms with Crippen LogP contribution in [-0.2, 0) is 16.1 Å². The van der Waals surface area contributed by atoms with Gasteiger partial charge in [0.25, 0.3) is 0 Å². The Morgan fingerprint density at radius 2 is 1.94 bits per heavy atom. The van der Waals surface area contributed by atoms with Crippen molar-refractivity contribution in [3.8, 4) is 11.5 Å². The van der Waals surface area contributed by atoms with Crippen LogP contribution in [0.3, 0.4) is 0 Å². The van der Waals surface area contributed by atoms with Crippen molar-refractivity contribution in [3.63, 3.8) is 0 Å². The third-order valence-corrected chi connectivity index (χ3v) is 4.89. The maximum absolute atomic E-state index is 12.3. The number of benzene rings is 2. The molecule has 7 nitrogen and oxygen atoms in total. The largest absolute Gasteiger partial charge is 0.495 e. The van der Waals surface area contributed by atoms with Crippen LogP contribution in [0, 0.1) is 0 Å². The summed E-state index contributed by atoms with van der Waals surface area (Å²) < 4.78 is 39.5. The molecule has 0 unspecified atom stereocenters. The fourth-order valence-corrected chi connectivity index (χ4v) is 3.57. The average Bonchev–Trinajstić information content (AvgIpc) is 3.20. The number of alkyl halides is 2. The van der Waals surface area contributed by atoms with Crippen molar-refractivity contribution < 1.29 is 32.6 Å². The van der Waals surface area contributed by atoms with E-state index in [-0.39, 0.29) is 23.8 Å². The first-order valence-corrected chi connectivity index (χ1v) is 9.87. The van der Waals surface area contributed by atoms with Gasteiger partial charge in [-0.1, -0.05) is 18.2 Å². The summed E-state index contributed by atoms with van der Waals surface area (Å²) in [6.07, 6.45) is 0. The van der Waals surface area contributed by atoms with Gasteiger partial charge in [0.05, 0.1) is 24.1 Å². The van der Waals surface area contributed by atoms with Gasteiger partial charge in [-0.05, 0) is 30.3 Å². The lowest BCUT2D eigenvalue weighted by Crippen LogP contribution is -2.23. The van der Waals surface area contributed by atoms with Crippen LogP contribution in [-0.4, -0.2) is 30.6 Å². The van der Waals surface area contributed by atoms with Gasteiger partial charge in [-0.2, -0.15) is 8.78 Å². The van der Waals surface area contributed by atoms with Gasteiger partial charge in [0, 0.05) is 12.3 Å². The first-order chi connectivity index (χ1) is 14.9. The Balaban J connectivity index is 1.72. The van der Waals surface area contributed by atoms with E-state index in [0.717, 1.165) is 0 Å². The van der Waals surface area contributed by atoms with E-state index in [2.05, 4.69) is 9.72 Å². The number of esters is 1. The Morgan fingerprint density at radius 1 is 1.16 bits per heavy atom. The Kier molecular flexibility index (Phi) is 7.14. The molecule has 0 bridgehead atoms. The summed E-state index contributed by atoms with van der Waals surface area (Å²) in [6.45, 7) is -1.75. The number of amides is 1. The molecule has 0 saturated carbocycles.